The van der Waals surface area contributed by atoms with Crippen LogP contribution in [0.5, 0.6) is 0 Å². The number of aryl methyl sites for hydroxylation is 1. The van der Waals surface area contributed by atoms with Gasteiger partial charge in [0, 0.05) is 39.3 Å². The lowest BCUT2D eigenvalue weighted by molar-refractivity contribution is 0.233. The molecule has 26 heavy (non-hydrogen) atoms. The fraction of sp³-hybridized carbons (Fsp3) is 0.368. The van der Waals surface area contributed by atoms with Crippen molar-refractivity contribution in [2.45, 2.75) is 13.5 Å². The van der Waals surface area contributed by atoms with Gasteiger partial charge in [0.1, 0.15) is 5.52 Å². The monoisotopic (exact) mass is 367 g/mol. The topological polar surface area (TPSA) is 59.1 Å². The number of pyridine rings is 1. The minimum atomic E-state index is 0.811. The lowest BCUT2D eigenvalue weighted by Crippen LogP contribution is -2.44. The number of imidazole rings is 1. The number of nitrogens with zero attached hydrogens (tertiary/aromatic N) is 4. The molecule has 0 saturated carbocycles. The summed E-state index contributed by atoms with van der Waals surface area (Å²) in [6.07, 6.45) is 1.71. The number of thiophene rings is 1. The molecule has 1 aliphatic rings. The first-order valence-corrected chi connectivity index (χ1v) is 9.90. The predicted molar refractivity (Wildman–Crippen MR) is 105 cm³/mol. The first-order valence-electron chi connectivity index (χ1n) is 9.02. The SMILES string of the molecule is Cc1nc2ccsc2c2c1nc(-c1ccco1)n2CCN1CCNCC1. The van der Waals surface area contributed by atoms with E-state index in [1.54, 1.807) is 17.6 Å². The first-order chi connectivity index (χ1) is 12.8. The lowest BCUT2D eigenvalue weighted by Gasteiger charge is -2.27. The van der Waals surface area contributed by atoms with Crippen molar-refractivity contribution in [3.05, 3.63) is 35.5 Å². The summed E-state index contributed by atoms with van der Waals surface area (Å²) in [5.74, 6) is 1.71. The molecule has 0 bridgehead atoms. The Labute approximate surface area is 155 Å². The van der Waals surface area contributed by atoms with Gasteiger partial charge in [0.25, 0.3) is 0 Å². The molecular weight excluding hydrogens is 346 g/mol. The Balaban J connectivity index is 1.65. The van der Waals surface area contributed by atoms with E-state index >= 15 is 0 Å². The molecule has 4 aromatic rings. The van der Waals surface area contributed by atoms with Crippen LogP contribution >= 0.6 is 11.3 Å². The maximum atomic E-state index is 5.69. The normalized spacial score (nSPS) is 16.0. The molecule has 5 rings (SSSR count). The van der Waals surface area contributed by atoms with E-state index in [0.717, 1.165) is 67.6 Å². The van der Waals surface area contributed by atoms with Gasteiger partial charge in [-0.2, -0.15) is 0 Å². The summed E-state index contributed by atoms with van der Waals surface area (Å²) in [6.45, 7) is 8.26. The number of aromatic nitrogens is 3. The van der Waals surface area contributed by atoms with Crippen molar-refractivity contribution < 1.29 is 4.42 Å². The Hall–Kier alpha value is -2.22. The third-order valence-electron chi connectivity index (χ3n) is 5.05. The van der Waals surface area contributed by atoms with E-state index < -0.39 is 0 Å². The van der Waals surface area contributed by atoms with Crippen LogP contribution in [0.15, 0.2) is 34.3 Å². The summed E-state index contributed by atoms with van der Waals surface area (Å²) in [5.41, 5.74) is 4.18. The summed E-state index contributed by atoms with van der Waals surface area (Å²) in [7, 11) is 0. The zero-order chi connectivity index (χ0) is 17.5. The Morgan fingerprint density at radius 3 is 2.88 bits per heavy atom. The largest absolute Gasteiger partial charge is 0.461 e. The number of fused-ring (bicyclic) bond motifs is 3. The molecule has 0 aromatic carbocycles. The molecule has 0 radical (unpaired) electrons. The van der Waals surface area contributed by atoms with Crippen LogP contribution in [0.1, 0.15) is 5.69 Å². The Morgan fingerprint density at radius 2 is 2.08 bits per heavy atom. The van der Waals surface area contributed by atoms with E-state index in [2.05, 4.69) is 26.2 Å². The number of furan rings is 1. The molecule has 0 spiro atoms. The summed E-state index contributed by atoms with van der Waals surface area (Å²) >= 11 is 1.73. The van der Waals surface area contributed by atoms with Gasteiger partial charge in [-0.3, -0.25) is 4.90 Å². The highest BCUT2D eigenvalue weighted by atomic mass is 32.1. The highest BCUT2D eigenvalue weighted by Crippen LogP contribution is 2.34. The van der Waals surface area contributed by atoms with E-state index in [1.165, 1.54) is 10.2 Å². The van der Waals surface area contributed by atoms with Crippen LogP contribution in [0, 0.1) is 6.92 Å². The van der Waals surface area contributed by atoms with Gasteiger partial charge < -0.3 is 14.3 Å². The van der Waals surface area contributed by atoms with Gasteiger partial charge in [0.15, 0.2) is 11.6 Å². The van der Waals surface area contributed by atoms with Crippen molar-refractivity contribution in [2.75, 3.05) is 32.7 Å². The van der Waals surface area contributed by atoms with Gasteiger partial charge in [0.05, 0.1) is 27.7 Å². The second kappa shape index (κ2) is 6.50. The molecule has 5 heterocycles. The molecule has 1 saturated heterocycles. The smallest absolute Gasteiger partial charge is 0.177 e. The van der Waals surface area contributed by atoms with E-state index in [9.17, 15) is 0 Å². The highest BCUT2D eigenvalue weighted by molar-refractivity contribution is 7.18. The van der Waals surface area contributed by atoms with Crippen molar-refractivity contribution in [3.63, 3.8) is 0 Å². The van der Waals surface area contributed by atoms with Gasteiger partial charge in [0.2, 0.25) is 0 Å². The fourth-order valence-corrected chi connectivity index (χ4v) is 4.61. The zero-order valence-electron chi connectivity index (χ0n) is 14.7. The van der Waals surface area contributed by atoms with Crippen LogP contribution in [-0.4, -0.2) is 52.2 Å². The maximum Gasteiger partial charge on any atom is 0.177 e. The Bertz CT molecular complexity index is 1040. The molecule has 134 valence electrons. The van der Waals surface area contributed by atoms with Crippen molar-refractivity contribution in [1.82, 2.24) is 24.8 Å². The summed E-state index contributed by atoms with van der Waals surface area (Å²) in [4.78, 5) is 12.2. The predicted octanol–water partition coefficient (Wildman–Crippen LogP) is 3.12. The number of hydrogen-bond acceptors (Lipinski definition) is 6. The van der Waals surface area contributed by atoms with Crippen LogP contribution in [-0.2, 0) is 6.54 Å². The van der Waals surface area contributed by atoms with Crippen molar-refractivity contribution in [2.24, 2.45) is 0 Å². The lowest BCUT2D eigenvalue weighted by atomic mass is 10.3. The summed E-state index contributed by atoms with van der Waals surface area (Å²) in [5, 5.41) is 5.52. The van der Waals surface area contributed by atoms with Crippen LogP contribution in [0.4, 0.5) is 0 Å². The van der Waals surface area contributed by atoms with Crippen molar-refractivity contribution >= 4 is 32.6 Å². The average molecular weight is 367 g/mol. The van der Waals surface area contributed by atoms with E-state index in [0.29, 0.717) is 0 Å². The van der Waals surface area contributed by atoms with Gasteiger partial charge in [-0.1, -0.05) is 0 Å². The summed E-state index contributed by atoms with van der Waals surface area (Å²) in [6, 6.07) is 5.99. The molecular formula is C19H21N5OS. The molecule has 1 aliphatic heterocycles. The number of nitrogens with one attached hydrogen (secondary N) is 1. The second-order valence-electron chi connectivity index (χ2n) is 6.69. The van der Waals surface area contributed by atoms with E-state index in [4.69, 9.17) is 14.4 Å². The molecule has 1 fully saturated rings. The maximum absolute atomic E-state index is 5.69. The fourth-order valence-electron chi connectivity index (χ4n) is 3.72. The Morgan fingerprint density at radius 1 is 1.19 bits per heavy atom. The molecule has 0 amide bonds. The summed E-state index contributed by atoms with van der Waals surface area (Å²) < 4.78 is 9.22. The average Bonchev–Trinajstić information content (AvgIpc) is 3.39. The number of rotatable bonds is 4. The molecule has 0 unspecified atom stereocenters. The van der Waals surface area contributed by atoms with Crippen molar-refractivity contribution in [3.8, 4) is 11.6 Å². The first kappa shape index (κ1) is 16.0. The van der Waals surface area contributed by atoms with E-state index in [1.807, 2.05) is 19.1 Å². The Kier molecular flexibility index (Phi) is 4.00. The standard InChI is InChI=1S/C19H21N5OS/c1-13-16-17(18-14(21-13)4-12-26-18)24(10-9-23-7-5-20-6-8-23)19(22-16)15-3-2-11-25-15/h2-4,11-12,20H,5-10H2,1H3. The van der Waals surface area contributed by atoms with Crippen LogP contribution in [0.3, 0.4) is 0 Å². The third-order valence-corrected chi connectivity index (χ3v) is 5.96. The molecule has 7 heteroatoms. The second-order valence-corrected chi connectivity index (χ2v) is 7.60. The molecule has 0 atom stereocenters. The molecule has 0 aliphatic carbocycles. The van der Waals surface area contributed by atoms with Gasteiger partial charge in [-0.25, -0.2) is 9.97 Å². The third kappa shape index (κ3) is 2.63. The highest BCUT2D eigenvalue weighted by Gasteiger charge is 2.21. The van der Waals surface area contributed by atoms with Gasteiger partial charge in [-0.05, 0) is 30.5 Å². The number of hydrogen-bond donors (Lipinski definition) is 1. The number of piperazine rings is 1. The van der Waals surface area contributed by atoms with Gasteiger partial charge in [-0.15, -0.1) is 11.3 Å². The minimum absolute atomic E-state index is 0.811. The van der Waals surface area contributed by atoms with Gasteiger partial charge >= 0.3 is 0 Å². The van der Waals surface area contributed by atoms with Crippen LogP contribution in [0.25, 0.3) is 32.8 Å². The molecule has 1 N–H and O–H groups in total. The molecule has 4 aromatic heterocycles. The zero-order valence-corrected chi connectivity index (χ0v) is 15.6. The van der Waals surface area contributed by atoms with Crippen LogP contribution in [0.2, 0.25) is 0 Å². The minimum Gasteiger partial charge on any atom is -0.461 e. The van der Waals surface area contributed by atoms with E-state index in [-0.39, 0.29) is 0 Å². The quantitative estimate of drug-likeness (QED) is 0.601. The van der Waals surface area contributed by atoms with Crippen LogP contribution < -0.4 is 5.32 Å². The van der Waals surface area contributed by atoms with Crippen molar-refractivity contribution in [1.29, 1.82) is 0 Å². The molecule has 6 nitrogen and oxygen atoms in total.